The molecule has 0 spiro atoms. The summed E-state index contributed by atoms with van der Waals surface area (Å²) in [6, 6.07) is 17.8. The number of carbonyl (C=O) groups excluding carboxylic acids is 1. The highest BCUT2D eigenvalue weighted by Crippen LogP contribution is 2.23. The maximum absolute atomic E-state index is 12.9. The second-order valence-corrected chi connectivity index (χ2v) is 6.96. The molecule has 1 aromatic heterocycles. The van der Waals surface area contributed by atoms with Crippen LogP contribution < -0.4 is 4.74 Å². The highest BCUT2D eigenvalue weighted by Gasteiger charge is 2.20. The average Bonchev–Trinajstić information content (AvgIpc) is 2.87. The Morgan fingerprint density at radius 1 is 1.11 bits per heavy atom. The number of rotatable bonds is 3. The lowest BCUT2D eigenvalue weighted by molar-refractivity contribution is 0.0733. The van der Waals surface area contributed by atoms with Crippen molar-refractivity contribution in [2.45, 2.75) is 26.9 Å². The van der Waals surface area contributed by atoms with Gasteiger partial charge in [-0.3, -0.25) is 9.48 Å². The molecule has 1 amide bonds. The fraction of sp³-hybridized carbons (Fsp3) is 0.273. The molecule has 5 heteroatoms. The monoisotopic (exact) mass is 361 g/mol. The van der Waals surface area contributed by atoms with Crippen LogP contribution in [0.3, 0.4) is 0 Å². The number of hydrogen-bond acceptors (Lipinski definition) is 3. The molecule has 3 aromatic rings. The summed E-state index contributed by atoms with van der Waals surface area (Å²) in [5.41, 5.74) is 5.03. The van der Waals surface area contributed by atoms with Crippen LogP contribution in [0.1, 0.15) is 32.9 Å². The number of nitrogens with zero attached hydrogens (tertiary/aromatic N) is 3. The van der Waals surface area contributed by atoms with E-state index in [2.05, 4.69) is 18.1 Å². The maximum atomic E-state index is 12.9. The molecule has 0 saturated heterocycles. The molecule has 0 saturated carbocycles. The molecule has 138 valence electrons. The Kier molecular flexibility index (Phi) is 4.67. The lowest BCUT2D eigenvalue weighted by Crippen LogP contribution is -2.32. The van der Waals surface area contributed by atoms with Gasteiger partial charge >= 0.3 is 0 Å². The summed E-state index contributed by atoms with van der Waals surface area (Å²) in [7, 11) is 0. The first-order valence-corrected chi connectivity index (χ1v) is 9.20. The third kappa shape index (κ3) is 3.72. The Labute approximate surface area is 159 Å². The quantitative estimate of drug-likeness (QED) is 0.716. The van der Waals surface area contributed by atoms with E-state index in [1.54, 1.807) is 0 Å². The third-order valence-electron chi connectivity index (χ3n) is 4.88. The summed E-state index contributed by atoms with van der Waals surface area (Å²) < 4.78 is 7.74. The van der Waals surface area contributed by atoms with E-state index >= 15 is 0 Å². The molecule has 27 heavy (non-hydrogen) atoms. The van der Waals surface area contributed by atoms with Crippen molar-refractivity contribution in [3.8, 4) is 5.75 Å². The number of hydrogen-bond donors (Lipinski definition) is 0. The lowest BCUT2D eigenvalue weighted by atomic mass is 10.1. The van der Waals surface area contributed by atoms with Crippen LogP contribution in [0.15, 0.2) is 54.6 Å². The molecule has 1 aliphatic heterocycles. The molecule has 2 aromatic carbocycles. The smallest absolute Gasteiger partial charge is 0.254 e. The van der Waals surface area contributed by atoms with Crippen molar-refractivity contribution in [1.82, 2.24) is 14.7 Å². The van der Waals surface area contributed by atoms with E-state index in [0.29, 0.717) is 31.8 Å². The first-order chi connectivity index (χ1) is 13.1. The van der Waals surface area contributed by atoms with E-state index in [1.165, 1.54) is 0 Å². The second kappa shape index (κ2) is 7.27. The summed E-state index contributed by atoms with van der Waals surface area (Å²) in [4.78, 5) is 14.8. The average molecular weight is 361 g/mol. The Balaban J connectivity index is 1.48. The third-order valence-corrected chi connectivity index (χ3v) is 4.88. The zero-order valence-corrected chi connectivity index (χ0v) is 15.7. The van der Waals surface area contributed by atoms with E-state index in [-0.39, 0.29) is 5.91 Å². The van der Waals surface area contributed by atoms with Gasteiger partial charge in [0.2, 0.25) is 0 Å². The molecular weight excluding hydrogens is 338 g/mol. The highest BCUT2D eigenvalue weighted by atomic mass is 16.5. The number of fused-ring (bicyclic) bond motifs is 1. The van der Waals surface area contributed by atoms with Crippen LogP contribution in [-0.2, 0) is 13.1 Å². The van der Waals surface area contributed by atoms with Gasteiger partial charge in [0.15, 0.2) is 0 Å². The Bertz CT molecular complexity index is 960. The summed E-state index contributed by atoms with van der Waals surface area (Å²) in [6.45, 7) is 6.42. The standard InChI is InChI=1S/C22H23N3O2/c1-16-13-17(2)25(23-16)14-18-7-9-19(10-8-18)22(26)24-11-12-27-21-6-4-3-5-20(21)15-24/h3-10,13H,11-12,14-15H2,1-2H3. The predicted molar refractivity (Wildman–Crippen MR) is 104 cm³/mol. The fourth-order valence-electron chi connectivity index (χ4n) is 3.44. The predicted octanol–water partition coefficient (Wildman–Crippen LogP) is 3.58. The number of ether oxygens (including phenoxy) is 1. The topological polar surface area (TPSA) is 47.4 Å². The second-order valence-electron chi connectivity index (χ2n) is 6.96. The van der Waals surface area contributed by atoms with E-state index in [1.807, 2.05) is 65.0 Å². The van der Waals surface area contributed by atoms with Crippen LogP contribution in [0.2, 0.25) is 0 Å². The van der Waals surface area contributed by atoms with Crippen molar-refractivity contribution >= 4 is 5.91 Å². The van der Waals surface area contributed by atoms with Gasteiger partial charge in [0, 0.05) is 23.4 Å². The number of para-hydroxylation sites is 1. The lowest BCUT2D eigenvalue weighted by Gasteiger charge is -2.20. The van der Waals surface area contributed by atoms with E-state index in [0.717, 1.165) is 28.3 Å². The molecule has 0 atom stereocenters. The van der Waals surface area contributed by atoms with Gasteiger partial charge in [0.1, 0.15) is 12.4 Å². The van der Waals surface area contributed by atoms with Crippen molar-refractivity contribution in [3.63, 3.8) is 0 Å². The van der Waals surface area contributed by atoms with Crippen molar-refractivity contribution in [3.05, 3.63) is 82.7 Å². The van der Waals surface area contributed by atoms with Gasteiger partial charge in [0.05, 0.1) is 18.8 Å². The van der Waals surface area contributed by atoms with E-state index in [9.17, 15) is 4.79 Å². The molecule has 0 unspecified atom stereocenters. The minimum absolute atomic E-state index is 0.0352. The van der Waals surface area contributed by atoms with Crippen LogP contribution in [0.5, 0.6) is 5.75 Å². The summed E-state index contributed by atoms with van der Waals surface area (Å²) in [5, 5.41) is 4.50. The van der Waals surface area contributed by atoms with Crippen LogP contribution in [0.4, 0.5) is 0 Å². The minimum atomic E-state index is 0.0352. The van der Waals surface area contributed by atoms with Crippen LogP contribution in [0, 0.1) is 13.8 Å². The van der Waals surface area contributed by atoms with Crippen molar-refractivity contribution in [1.29, 1.82) is 0 Å². The highest BCUT2D eigenvalue weighted by molar-refractivity contribution is 5.94. The molecule has 5 nitrogen and oxygen atoms in total. The van der Waals surface area contributed by atoms with Crippen LogP contribution >= 0.6 is 0 Å². The number of benzene rings is 2. The Hall–Kier alpha value is -3.08. The molecule has 0 bridgehead atoms. The Morgan fingerprint density at radius 2 is 1.89 bits per heavy atom. The molecule has 0 aliphatic carbocycles. The van der Waals surface area contributed by atoms with Gasteiger partial charge in [-0.1, -0.05) is 30.3 Å². The van der Waals surface area contributed by atoms with Gasteiger partial charge in [-0.15, -0.1) is 0 Å². The summed E-state index contributed by atoms with van der Waals surface area (Å²) in [5.74, 6) is 0.904. The molecule has 0 fully saturated rings. The number of carbonyl (C=O) groups is 1. The van der Waals surface area contributed by atoms with Gasteiger partial charge in [-0.05, 0) is 43.7 Å². The zero-order chi connectivity index (χ0) is 18.8. The number of aryl methyl sites for hydroxylation is 2. The maximum Gasteiger partial charge on any atom is 0.254 e. The molecule has 4 rings (SSSR count). The number of amides is 1. The van der Waals surface area contributed by atoms with E-state index < -0.39 is 0 Å². The SMILES string of the molecule is Cc1cc(C)n(Cc2ccc(C(=O)N3CCOc4ccccc4C3)cc2)n1. The molecule has 1 aliphatic rings. The fourth-order valence-corrected chi connectivity index (χ4v) is 3.44. The van der Waals surface area contributed by atoms with Crippen LogP contribution in [0.25, 0.3) is 0 Å². The van der Waals surface area contributed by atoms with Crippen molar-refractivity contribution in [2.24, 2.45) is 0 Å². The van der Waals surface area contributed by atoms with Gasteiger partial charge < -0.3 is 9.64 Å². The van der Waals surface area contributed by atoms with Crippen molar-refractivity contribution in [2.75, 3.05) is 13.2 Å². The molecule has 0 N–H and O–H groups in total. The summed E-state index contributed by atoms with van der Waals surface area (Å²) >= 11 is 0. The zero-order valence-electron chi connectivity index (χ0n) is 15.7. The Morgan fingerprint density at radius 3 is 2.63 bits per heavy atom. The molecular formula is C22H23N3O2. The minimum Gasteiger partial charge on any atom is -0.491 e. The van der Waals surface area contributed by atoms with Crippen LogP contribution in [-0.4, -0.2) is 33.7 Å². The van der Waals surface area contributed by atoms with Gasteiger partial charge in [-0.25, -0.2) is 0 Å². The molecule has 0 radical (unpaired) electrons. The first-order valence-electron chi connectivity index (χ1n) is 9.20. The first kappa shape index (κ1) is 17.3. The van der Waals surface area contributed by atoms with E-state index in [4.69, 9.17) is 4.74 Å². The molecule has 2 heterocycles. The normalized spacial score (nSPS) is 13.6. The van der Waals surface area contributed by atoms with Gasteiger partial charge in [0.25, 0.3) is 5.91 Å². The largest absolute Gasteiger partial charge is 0.491 e. The van der Waals surface area contributed by atoms with Crippen molar-refractivity contribution < 1.29 is 9.53 Å². The number of aromatic nitrogens is 2. The van der Waals surface area contributed by atoms with Gasteiger partial charge in [-0.2, -0.15) is 5.10 Å². The summed E-state index contributed by atoms with van der Waals surface area (Å²) in [6.07, 6.45) is 0.